The maximum absolute atomic E-state index is 5.06. The molecule has 11 heavy (non-hydrogen) atoms. The zero-order valence-electron chi connectivity index (χ0n) is 7.31. The standard InChI is InChI=1S/C8H17NOSi/c1-10-11-7-9-8-5-3-2-4-6-8/h2-7,11H2,1H3. The Morgan fingerprint density at radius 3 is 2.73 bits per heavy atom. The molecule has 0 N–H and O–H groups in total. The highest BCUT2D eigenvalue weighted by molar-refractivity contribution is 6.27. The molecule has 1 fully saturated rings. The van der Waals surface area contributed by atoms with E-state index in [0.717, 1.165) is 6.17 Å². The molecular weight excluding hydrogens is 154 g/mol. The lowest BCUT2D eigenvalue weighted by molar-refractivity contribution is 0.442. The predicted octanol–water partition coefficient (Wildman–Crippen LogP) is 1.08. The van der Waals surface area contributed by atoms with Gasteiger partial charge in [-0.2, -0.15) is 0 Å². The average Bonchev–Trinajstić information content (AvgIpc) is 2.07. The first-order valence-corrected chi connectivity index (χ1v) is 6.02. The van der Waals surface area contributed by atoms with Gasteiger partial charge in [-0.3, -0.25) is 4.99 Å². The second-order valence-corrected chi connectivity index (χ2v) is 4.43. The molecule has 1 aliphatic rings. The number of hydrogen-bond acceptors (Lipinski definition) is 2. The Kier molecular flexibility index (Phi) is 4.46. The molecule has 0 unspecified atom stereocenters. The van der Waals surface area contributed by atoms with Crippen molar-refractivity contribution in [3.63, 3.8) is 0 Å². The van der Waals surface area contributed by atoms with Gasteiger partial charge in [-0.25, -0.2) is 0 Å². The van der Waals surface area contributed by atoms with Gasteiger partial charge in [0, 0.05) is 12.8 Å². The van der Waals surface area contributed by atoms with Gasteiger partial charge >= 0.3 is 0 Å². The summed E-state index contributed by atoms with van der Waals surface area (Å²) in [6.45, 7) is 0. The highest BCUT2D eigenvalue weighted by Crippen LogP contribution is 2.14. The predicted molar refractivity (Wildman–Crippen MR) is 50.9 cm³/mol. The lowest BCUT2D eigenvalue weighted by Crippen LogP contribution is -2.08. The van der Waals surface area contributed by atoms with Crippen molar-refractivity contribution >= 4 is 15.5 Å². The number of nitrogens with zero attached hydrogens (tertiary/aromatic N) is 1. The molecule has 0 aromatic heterocycles. The minimum absolute atomic E-state index is 0.311. The topological polar surface area (TPSA) is 21.6 Å². The van der Waals surface area contributed by atoms with Gasteiger partial charge in [0.1, 0.15) is 0 Å². The van der Waals surface area contributed by atoms with E-state index in [9.17, 15) is 0 Å². The SMILES string of the molecule is CO[SiH2]CN=C1CCCCC1. The van der Waals surface area contributed by atoms with E-state index >= 15 is 0 Å². The van der Waals surface area contributed by atoms with Crippen LogP contribution in [-0.4, -0.2) is 28.8 Å². The fourth-order valence-electron chi connectivity index (χ4n) is 1.41. The molecule has 0 heterocycles. The molecule has 0 spiro atoms. The first-order valence-electron chi connectivity index (χ1n) is 4.44. The van der Waals surface area contributed by atoms with Crippen LogP contribution in [0.2, 0.25) is 0 Å². The highest BCUT2D eigenvalue weighted by atomic mass is 28.2. The summed E-state index contributed by atoms with van der Waals surface area (Å²) < 4.78 is 5.06. The smallest absolute Gasteiger partial charge is 0.182 e. The fourth-order valence-corrected chi connectivity index (χ4v) is 2.00. The molecule has 64 valence electrons. The highest BCUT2D eigenvalue weighted by Gasteiger charge is 2.05. The van der Waals surface area contributed by atoms with Crippen molar-refractivity contribution in [2.45, 2.75) is 32.1 Å². The summed E-state index contributed by atoms with van der Waals surface area (Å²) in [6, 6.07) is 0. The first-order chi connectivity index (χ1) is 5.43. The maximum Gasteiger partial charge on any atom is 0.182 e. The van der Waals surface area contributed by atoms with Crippen molar-refractivity contribution in [3.8, 4) is 0 Å². The van der Waals surface area contributed by atoms with Gasteiger partial charge in [0.05, 0.1) is 6.17 Å². The summed E-state index contributed by atoms with van der Waals surface area (Å²) in [5, 5.41) is 0. The molecule has 0 aromatic carbocycles. The molecule has 0 bridgehead atoms. The van der Waals surface area contributed by atoms with Gasteiger partial charge in [0.2, 0.25) is 0 Å². The Balaban J connectivity index is 2.15. The largest absolute Gasteiger partial charge is 0.425 e. The zero-order valence-corrected chi connectivity index (χ0v) is 8.72. The van der Waals surface area contributed by atoms with E-state index in [0.29, 0.717) is 0 Å². The maximum atomic E-state index is 5.06. The van der Waals surface area contributed by atoms with Crippen molar-refractivity contribution in [2.75, 3.05) is 13.3 Å². The van der Waals surface area contributed by atoms with E-state index in [1.807, 2.05) is 0 Å². The molecule has 0 aliphatic heterocycles. The van der Waals surface area contributed by atoms with Crippen molar-refractivity contribution < 1.29 is 4.43 Å². The summed E-state index contributed by atoms with van der Waals surface area (Å²) in [6.07, 6.45) is 7.60. The summed E-state index contributed by atoms with van der Waals surface area (Å²) in [4.78, 5) is 4.53. The van der Waals surface area contributed by atoms with E-state index in [4.69, 9.17) is 4.43 Å². The van der Waals surface area contributed by atoms with Gasteiger partial charge in [0.25, 0.3) is 0 Å². The molecule has 0 atom stereocenters. The van der Waals surface area contributed by atoms with Crippen LogP contribution in [0.3, 0.4) is 0 Å². The van der Waals surface area contributed by atoms with E-state index in [2.05, 4.69) is 4.99 Å². The second-order valence-electron chi connectivity index (χ2n) is 3.00. The van der Waals surface area contributed by atoms with Gasteiger partial charge in [-0.15, -0.1) is 0 Å². The normalized spacial score (nSPS) is 19.5. The van der Waals surface area contributed by atoms with Crippen LogP contribution in [0.5, 0.6) is 0 Å². The summed E-state index contributed by atoms with van der Waals surface area (Å²) in [7, 11) is 1.47. The molecule has 0 saturated heterocycles. The molecule has 0 aromatic rings. The van der Waals surface area contributed by atoms with Gasteiger partial charge in [-0.1, -0.05) is 6.42 Å². The molecule has 0 radical (unpaired) electrons. The lowest BCUT2D eigenvalue weighted by Gasteiger charge is -2.11. The Morgan fingerprint density at radius 1 is 1.36 bits per heavy atom. The molecule has 2 nitrogen and oxygen atoms in total. The first kappa shape index (κ1) is 8.94. The number of rotatable bonds is 3. The third kappa shape index (κ3) is 3.67. The summed E-state index contributed by atoms with van der Waals surface area (Å²) in [5.41, 5.74) is 1.45. The van der Waals surface area contributed by atoms with Crippen LogP contribution in [0.4, 0.5) is 0 Å². The Labute approximate surface area is 71.0 Å². The third-order valence-corrected chi connectivity index (χ3v) is 2.88. The minimum atomic E-state index is -0.311. The van der Waals surface area contributed by atoms with Crippen molar-refractivity contribution in [3.05, 3.63) is 0 Å². The lowest BCUT2D eigenvalue weighted by atomic mass is 9.99. The van der Waals surface area contributed by atoms with E-state index in [1.54, 1.807) is 7.11 Å². The van der Waals surface area contributed by atoms with Crippen LogP contribution in [0, 0.1) is 0 Å². The summed E-state index contributed by atoms with van der Waals surface area (Å²) in [5.74, 6) is 0. The Bertz CT molecular complexity index is 128. The second kappa shape index (κ2) is 5.49. The van der Waals surface area contributed by atoms with Gasteiger partial charge < -0.3 is 4.43 Å². The molecular formula is C8H17NOSi. The van der Waals surface area contributed by atoms with E-state index < -0.39 is 0 Å². The summed E-state index contributed by atoms with van der Waals surface area (Å²) >= 11 is 0. The van der Waals surface area contributed by atoms with Crippen LogP contribution in [-0.2, 0) is 4.43 Å². The third-order valence-electron chi connectivity index (χ3n) is 2.06. The van der Waals surface area contributed by atoms with Crippen LogP contribution in [0.25, 0.3) is 0 Å². The van der Waals surface area contributed by atoms with Crippen LogP contribution in [0.15, 0.2) is 4.99 Å². The Morgan fingerprint density at radius 2 is 2.09 bits per heavy atom. The van der Waals surface area contributed by atoms with Crippen molar-refractivity contribution in [2.24, 2.45) is 4.99 Å². The van der Waals surface area contributed by atoms with Gasteiger partial charge in [0.15, 0.2) is 9.76 Å². The van der Waals surface area contributed by atoms with Crippen LogP contribution < -0.4 is 0 Å². The number of hydrogen-bond donors (Lipinski definition) is 0. The van der Waals surface area contributed by atoms with Crippen LogP contribution in [0.1, 0.15) is 32.1 Å². The van der Waals surface area contributed by atoms with Crippen LogP contribution >= 0.6 is 0 Å². The minimum Gasteiger partial charge on any atom is -0.425 e. The Hall–Kier alpha value is -0.153. The number of aliphatic imine (C=N–C) groups is 1. The molecule has 3 heteroatoms. The van der Waals surface area contributed by atoms with Crippen molar-refractivity contribution in [1.82, 2.24) is 0 Å². The zero-order chi connectivity index (χ0) is 7.94. The fraction of sp³-hybridized carbons (Fsp3) is 0.875. The average molecular weight is 171 g/mol. The quantitative estimate of drug-likeness (QED) is 0.460. The molecule has 1 saturated carbocycles. The molecule has 1 rings (SSSR count). The monoisotopic (exact) mass is 171 g/mol. The van der Waals surface area contributed by atoms with E-state index in [1.165, 1.54) is 37.8 Å². The molecule has 1 aliphatic carbocycles. The van der Waals surface area contributed by atoms with E-state index in [-0.39, 0.29) is 9.76 Å². The van der Waals surface area contributed by atoms with Gasteiger partial charge in [-0.05, 0) is 25.7 Å². The molecule has 0 amide bonds. The van der Waals surface area contributed by atoms with Crippen molar-refractivity contribution in [1.29, 1.82) is 0 Å².